The molecule has 1 atom stereocenters. The van der Waals surface area contributed by atoms with E-state index in [0.717, 1.165) is 12.5 Å². The minimum absolute atomic E-state index is 0.0983. The van der Waals surface area contributed by atoms with Crippen molar-refractivity contribution in [2.24, 2.45) is 5.84 Å². The molecule has 1 aromatic rings. The molecular formula is C12H13BrF2N2. The van der Waals surface area contributed by atoms with Crippen LogP contribution in [0.1, 0.15) is 30.9 Å². The van der Waals surface area contributed by atoms with E-state index in [1.807, 2.05) is 0 Å². The van der Waals surface area contributed by atoms with Gasteiger partial charge in [0.1, 0.15) is 0 Å². The van der Waals surface area contributed by atoms with Gasteiger partial charge in [0.2, 0.25) is 0 Å². The van der Waals surface area contributed by atoms with E-state index in [2.05, 4.69) is 27.3 Å². The molecule has 0 spiro atoms. The third-order valence-electron chi connectivity index (χ3n) is 2.46. The number of rotatable bonds is 5. The molecule has 0 saturated heterocycles. The minimum atomic E-state index is -0.903. The molecule has 0 aliphatic rings. The van der Waals surface area contributed by atoms with Gasteiger partial charge in [-0.3, -0.25) is 11.3 Å². The van der Waals surface area contributed by atoms with E-state index >= 15 is 0 Å². The lowest BCUT2D eigenvalue weighted by molar-refractivity contribution is 0.477. The van der Waals surface area contributed by atoms with Crippen LogP contribution in [-0.2, 0) is 0 Å². The molecule has 0 amide bonds. The molecule has 0 saturated carbocycles. The van der Waals surface area contributed by atoms with Crippen LogP contribution in [0.15, 0.2) is 16.6 Å². The van der Waals surface area contributed by atoms with Gasteiger partial charge in [0.25, 0.3) is 0 Å². The highest BCUT2D eigenvalue weighted by molar-refractivity contribution is 9.10. The van der Waals surface area contributed by atoms with E-state index in [0.29, 0.717) is 18.4 Å². The maximum absolute atomic E-state index is 13.4. The average Bonchev–Trinajstić information content (AvgIpc) is 2.33. The Hall–Kier alpha value is -0.960. The van der Waals surface area contributed by atoms with E-state index in [4.69, 9.17) is 12.3 Å². The van der Waals surface area contributed by atoms with Gasteiger partial charge in [0, 0.05) is 12.5 Å². The van der Waals surface area contributed by atoms with Gasteiger partial charge in [0.05, 0.1) is 4.47 Å². The largest absolute Gasteiger partial charge is 0.271 e. The molecule has 3 N–H and O–H groups in total. The summed E-state index contributed by atoms with van der Waals surface area (Å²) in [6, 6.07) is 2.33. The van der Waals surface area contributed by atoms with E-state index in [-0.39, 0.29) is 10.5 Å². The number of nitrogens with one attached hydrogen (secondary N) is 1. The van der Waals surface area contributed by atoms with Crippen molar-refractivity contribution in [2.75, 3.05) is 0 Å². The molecule has 92 valence electrons. The van der Waals surface area contributed by atoms with Gasteiger partial charge in [-0.15, -0.1) is 12.3 Å². The van der Waals surface area contributed by atoms with Gasteiger partial charge in [-0.05, 0) is 40.4 Å². The number of hydrazine groups is 1. The second-order valence-corrected chi connectivity index (χ2v) is 4.37. The number of halogens is 3. The number of hydrogen-bond acceptors (Lipinski definition) is 2. The van der Waals surface area contributed by atoms with Crippen LogP contribution in [0, 0.1) is 24.0 Å². The zero-order chi connectivity index (χ0) is 12.8. The third kappa shape index (κ3) is 3.50. The van der Waals surface area contributed by atoms with Crippen LogP contribution < -0.4 is 11.3 Å². The van der Waals surface area contributed by atoms with Crippen molar-refractivity contribution in [3.8, 4) is 12.3 Å². The smallest absolute Gasteiger partial charge is 0.173 e. The van der Waals surface area contributed by atoms with Crippen LogP contribution in [0.4, 0.5) is 8.78 Å². The minimum Gasteiger partial charge on any atom is -0.271 e. The van der Waals surface area contributed by atoms with Crippen molar-refractivity contribution in [1.29, 1.82) is 0 Å². The predicted octanol–water partition coefficient (Wildman–Crippen LogP) is 3.04. The molecule has 0 heterocycles. The fourth-order valence-corrected chi connectivity index (χ4v) is 2.14. The van der Waals surface area contributed by atoms with Crippen molar-refractivity contribution in [2.45, 2.75) is 25.3 Å². The molecular weight excluding hydrogens is 290 g/mol. The Labute approximate surface area is 108 Å². The zero-order valence-electron chi connectivity index (χ0n) is 9.14. The quantitative estimate of drug-likeness (QED) is 0.288. The van der Waals surface area contributed by atoms with Crippen LogP contribution in [0.3, 0.4) is 0 Å². The third-order valence-corrected chi connectivity index (χ3v) is 3.26. The summed E-state index contributed by atoms with van der Waals surface area (Å²) in [7, 11) is 0. The Morgan fingerprint density at radius 3 is 2.76 bits per heavy atom. The summed E-state index contributed by atoms with van der Waals surface area (Å²) in [6.45, 7) is 0. The molecule has 1 rings (SSSR count). The zero-order valence-corrected chi connectivity index (χ0v) is 10.7. The van der Waals surface area contributed by atoms with Gasteiger partial charge in [-0.25, -0.2) is 8.78 Å². The molecule has 17 heavy (non-hydrogen) atoms. The normalized spacial score (nSPS) is 12.2. The van der Waals surface area contributed by atoms with Crippen molar-refractivity contribution in [1.82, 2.24) is 5.43 Å². The highest BCUT2D eigenvalue weighted by Crippen LogP contribution is 2.29. The van der Waals surface area contributed by atoms with Gasteiger partial charge in [-0.2, -0.15) is 0 Å². The Morgan fingerprint density at radius 1 is 1.47 bits per heavy atom. The van der Waals surface area contributed by atoms with E-state index < -0.39 is 11.6 Å². The molecule has 1 unspecified atom stereocenters. The van der Waals surface area contributed by atoms with E-state index in [9.17, 15) is 8.78 Å². The van der Waals surface area contributed by atoms with Crippen molar-refractivity contribution in [3.05, 3.63) is 33.8 Å². The maximum Gasteiger partial charge on any atom is 0.173 e. The summed E-state index contributed by atoms with van der Waals surface area (Å²) in [5.74, 6) is 6.13. The fourth-order valence-electron chi connectivity index (χ4n) is 1.55. The summed E-state index contributed by atoms with van der Waals surface area (Å²) in [4.78, 5) is 0. The Morgan fingerprint density at radius 2 is 2.18 bits per heavy atom. The van der Waals surface area contributed by atoms with E-state index in [1.165, 1.54) is 6.07 Å². The van der Waals surface area contributed by atoms with Crippen molar-refractivity contribution < 1.29 is 8.78 Å². The lowest BCUT2D eigenvalue weighted by atomic mass is 10.0. The summed E-state index contributed by atoms with van der Waals surface area (Å²) >= 11 is 3.03. The number of unbranched alkanes of at least 4 members (excludes halogenated alkanes) is 1. The van der Waals surface area contributed by atoms with Crippen molar-refractivity contribution >= 4 is 15.9 Å². The second kappa shape index (κ2) is 6.70. The summed E-state index contributed by atoms with van der Waals surface area (Å²) in [5, 5.41) is 0. The lowest BCUT2D eigenvalue weighted by Gasteiger charge is -2.17. The molecule has 2 nitrogen and oxygen atoms in total. The summed E-state index contributed by atoms with van der Waals surface area (Å²) < 4.78 is 26.4. The number of hydrogen-bond donors (Lipinski definition) is 2. The summed E-state index contributed by atoms with van der Waals surface area (Å²) in [5.41, 5.74) is 3.16. The Balaban J connectivity index is 2.89. The van der Waals surface area contributed by atoms with Gasteiger partial charge in [-0.1, -0.05) is 6.07 Å². The molecule has 0 aliphatic carbocycles. The topological polar surface area (TPSA) is 38.0 Å². The maximum atomic E-state index is 13.4. The molecule has 0 radical (unpaired) electrons. The molecule has 0 bridgehead atoms. The molecule has 1 aromatic carbocycles. The Kier molecular flexibility index (Phi) is 5.56. The van der Waals surface area contributed by atoms with Gasteiger partial charge >= 0.3 is 0 Å². The predicted molar refractivity (Wildman–Crippen MR) is 66.8 cm³/mol. The highest BCUT2D eigenvalue weighted by atomic mass is 79.9. The van der Waals surface area contributed by atoms with Crippen LogP contribution in [0.25, 0.3) is 0 Å². The second-order valence-electron chi connectivity index (χ2n) is 3.58. The van der Waals surface area contributed by atoms with Crippen LogP contribution >= 0.6 is 15.9 Å². The molecule has 0 aliphatic heterocycles. The molecule has 0 fully saturated rings. The van der Waals surface area contributed by atoms with E-state index in [1.54, 1.807) is 0 Å². The van der Waals surface area contributed by atoms with Gasteiger partial charge < -0.3 is 0 Å². The first-order valence-electron chi connectivity index (χ1n) is 5.14. The highest BCUT2D eigenvalue weighted by Gasteiger charge is 2.17. The lowest BCUT2D eigenvalue weighted by Crippen LogP contribution is -2.28. The first-order chi connectivity index (χ1) is 8.11. The molecule has 0 aromatic heterocycles. The van der Waals surface area contributed by atoms with Crippen LogP contribution in [-0.4, -0.2) is 0 Å². The standard InChI is InChI=1S/C12H13BrF2N2/c1-2-3-4-5-10(17-16)8-6-7-9(14)12(15)11(8)13/h1,6-7,10,17H,3-5,16H2. The first-order valence-corrected chi connectivity index (χ1v) is 5.94. The Bertz CT molecular complexity index is 429. The summed E-state index contributed by atoms with van der Waals surface area (Å²) in [6.07, 6.45) is 7.19. The number of benzene rings is 1. The fraction of sp³-hybridized carbons (Fsp3) is 0.333. The number of nitrogens with two attached hydrogens (primary N) is 1. The van der Waals surface area contributed by atoms with Crippen LogP contribution in [0.2, 0.25) is 0 Å². The monoisotopic (exact) mass is 302 g/mol. The average molecular weight is 303 g/mol. The van der Waals surface area contributed by atoms with Gasteiger partial charge in [0.15, 0.2) is 11.6 Å². The molecule has 5 heteroatoms. The SMILES string of the molecule is C#CCCCC(NN)c1ccc(F)c(F)c1Br. The van der Waals surface area contributed by atoms with Crippen molar-refractivity contribution in [3.63, 3.8) is 0 Å². The number of terminal acetylenes is 1. The van der Waals surface area contributed by atoms with Crippen LogP contribution in [0.5, 0.6) is 0 Å². The first kappa shape index (κ1) is 14.1.